The van der Waals surface area contributed by atoms with Crippen molar-refractivity contribution in [3.63, 3.8) is 0 Å². The molecule has 0 saturated carbocycles. The number of fused-ring (bicyclic) bond motifs is 1. The van der Waals surface area contributed by atoms with Crippen molar-refractivity contribution >= 4 is 28.2 Å². The lowest BCUT2D eigenvalue weighted by Gasteiger charge is -2.30. The molecule has 106 valence electrons. The summed E-state index contributed by atoms with van der Waals surface area (Å²) in [4.78, 5) is 30.0. The van der Waals surface area contributed by atoms with Crippen molar-refractivity contribution < 1.29 is 14.7 Å². The summed E-state index contributed by atoms with van der Waals surface area (Å²) in [5.41, 5.74) is 0.938. The van der Waals surface area contributed by atoms with Crippen LogP contribution in [-0.2, 0) is 16.0 Å². The van der Waals surface area contributed by atoms with Crippen LogP contribution < -0.4 is 0 Å². The van der Waals surface area contributed by atoms with Crippen molar-refractivity contribution in [2.24, 2.45) is 5.92 Å². The topological polar surface area (TPSA) is 74.9 Å². The lowest BCUT2D eigenvalue weighted by Crippen LogP contribution is -2.41. The molecule has 0 aromatic carbocycles. The van der Waals surface area contributed by atoms with Crippen molar-refractivity contribution in [2.45, 2.75) is 19.3 Å². The van der Waals surface area contributed by atoms with Gasteiger partial charge in [-0.25, -0.2) is 4.98 Å². The van der Waals surface area contributed by atoms with Crippen molar-refractivity contribution in [2.75, 3.05) is 13.1 Å². The van der Waals surface area contributed by atoms with E-state index in [2.05, 4.69) is 4.98 Å². The molecule has 1 saturated heterocycles. The second-order valence-corrected chi connectivity index (χ2v) is 5.81. The highest BCUT2D eigenvalue weighted by Gasteiger charge is 2.27. The number of rotatable bonds is 3. The van der Waals surface area contributed by atoms with Crippen LogP contribution >= 0.6 is 11.3 Å². The van der Waals surface area contributed by atoms with Gasteiger partial charge in [-0.15, -0.1) is 11.3 Å². The Bertz CT molecular complexity index is 640. The van der Waals surface area contributed by atoms with Crippen molar-refractivity contribution in [3.05, 3.63) is 23.5 Å². The summed E-state index contributed by atoms with van der Waals surface area (Å²) in [7, 11) is 0. The van der Waals surface area contributed by atoms with Crippen LogP contribution in [0.15, 0.2) is 17.8 Å². The SMILES string of the molecule is O=C(O)C1CCN(C(=O)Cc2csc3nccn23)CC1. The number of piperidine rings is 1. The Balaban J connectivity index is 1.63. The average Bonchev–Trinajstić information content (AvgIpc) is 3.04. The summed E-state index contributed by atoms with van der Waals surface area (Å²) >= 11 is 1.52. The Morgan fingerprint density at radius 2 is 2.15 bits per heavy atom. The molecule has 6 nitrogen and oxygen atoms in total. The number of carboxylic acids is 1. The fourth-order valence-corrected chi connectivity index (χ4v) is 3.39. The van der Waals surface area contributed by atoms with Gasteiger partial charge in [-0.3, -0.25) is 14.0 Å². The highest BCUT2D eigenvalue weighted by atomic mass is 32.1. The fourth-order valence-electron chi connectivity index (χ4n) is 2.54. The van der Waals surface area contributed by atoms with Crippen LogP contribution in [0.3, 0.4) is 0 Å². The number of thiazole rings is 1. The highest BCUT2D eigenvalue weighted by Crippen LogP contribution is 2.20. The molecule has 7 heteroatoms. The Labute approximate surface area is 119 Å². The van der Waals surface area contributed by atoms with Crippen LogP contribution in [0, 0.1) is 5.92 Å². The molecule has 0 atom stereocenters. The van der Waals surface area contributed by atoms with Gasteiger partial charge in [0.05, 0.1) is 12.3 Å². The number of nitrogens with zero attached hydrogens (tertiary/aromatic N) is 3. The minimum absolute atomic E-state index is 0.0576. The number of carboxylic acid groups (broad SMARTS) is 1. The standard InChI is InChI=1S/C13H15N3O3S/c17-11(15-4-1-9(2-5-15)12(18)19)7-10-8-20-13-14-3-6-16(10)13/h3,6,8-9H,1-2,4-5,7H2,(H,18,19). The summed E-state index contributed by atoms with van der Waals surface area (Å²) in [5, 5.41) is 10.9. The molecule has 20 heavy (non-hydrogen) atoms. The maximum atomic E-state index is 12.3. The van der Waals surface area contributed by atoms with Gasteiger partial charge in [0.2, 0.25) is 5.91 Å². The van der Waals surface area contributed by atoms with E-state index in [-0.39, 0.29) is 11.8 Å². The molecule has 1 amide bonds. The van der Waals surface area contributed by atoms with Crippen LogP contribution in [0.2, 0.25) is 0 Å². The van der Waals surface area contributed by atoms with E-state index in [9.17, 15) is 9.59 Å². The second kappa shape index (κ2) is 5.24. The van der Waals surface area contributed by atoms with E-state index in [4.69, 9.17) is 5.11 Å². The minimum Gasteiger partial charge on any atom is -0.481 e. The van der Waals surface area contributed by atoms with Crippen LogP contribution in [0.1, 0.15) is 18.5 Å². The number of carbonyl (C=O) groups excluding carboxylic acids is 1. The molecule has 1 aliphatic heterocycles. The van der Waals surface area contributed by atoms with E-state index in [0.717, 1.165) is 10.7 Å². The maximum Gasteiger partial charge on any atom is 0.306 e. The normalized spacial score (nSPS) is 16.7. The van der Waals surface area contributed by atoms with Crippen molar-refractivity contribution in [1.29, 1.82) is 0 Å². The Morgan fingerprint density at radius 1 is 1.40 bits per heavy atom. The van der Waals surface area contributed by atoms with Crippen molar-refractivity contribution in [3.8, 4) is 0 Å². The molecule has 0 radical (unpaired) electrons. The Kier molecular flexibility index (Phi) is 3.43. The summed E-state index contributed by atoms with van der Waals surface area (Å²) in [6, 6.07) is 0. The molecule has 1 fully saturated rings. The monoisotopic (exact) mass is 293 g/mol. The predicted octanol–water partition coefficient (Wildman–Crippen LogP) is 1.26. The highest BCUT2D eigenvalue weighted by molar-refractivity contribution is 7.15. The first-order valence-electron chi connectivity index (χ1n) is 6.55. The van der Waals surface area contributed by atoms with Gasteiger partial charge < -0.3 is 10.0 Å². The van der Waals surface area contributed by atoms with Gasteiger partial charge in [-0.2, -0.15) is 0 Å². The van der Waals surface area contributed by atoms with Gasteiger partial charge in [0.25, 0.3) is 0 Å². The number of carbonyl (C=O) groups is 2. The van der Waals surface area contributed by atoms with E-state index >= 15 is 0 Å². The molecule has 2 aromatic heterocycles. The molecule has 0 spiro atoms. The molecule has 0 unspecified atom stereocenters. The summed E-state index contributed by atoms with van der Waals surface area (Å²) in [6.45, 7) is 1.07. The molecular formula is C13H15N3O3S. The van der Waals surface area contributed by atoms with Crippen LogP contribution in [0.4, 0.5) is 0 Å². The lowest BCUT2D eigenvalue weighted by atomic mass is 9.97. The van der Waals surface area contributed by atoms with E-state index in [1.165, 1.54) is 11.3 Å². The zero-order valence-corrected chi connectivity index (χ0v) is 11.7. The molecule has 0 aliphatic carbocycles. The number of imidazole rings is 1. The Morgan fingerprint density at radius 3 is 2.85 bits per heavy atom. The zero-order chi connectivity index (χ0) is 14.1. The van der Waals surface area contributed by atoms with Gasteiger partial charge in [0.1, 0.15) is 0 Å². The second-order valence-electron chi connectivity index (χ2n) is 4.98. The van der Waals surface area contributed by atoms with Crippen molar-refractivity contribution in [1.82, 2.24) is 14.3 Å². The third-order valence-electron chi connectivity index (χ3n) is 3.75. The molecule has 1 aliphatic rings. The molecule has 1 N–H and O–H groups in total. The van der Waals surface area contributed by atoms with Crippen LogP contribution in [0.5, 0.6) is 0 Å². The first kappa shape index (κ1) is 13.1. The van der Waals surface area contributed by atoms with E-state index in [1.54, 1.807) is 11.1 Å². The fraction of sp³-hybridized carbons (Fsp3) is 0.462. The van der Waals surface area contributed by atoms with Crippen LogP contribution in [0.25, 0.3) is 4.96 Å². The maximum absolute atomic E-state index is 12.3. The van der Waals surface area contributed by atoms with Gasteiger partial charge in [-0.05, 0) is 12.8 Å². The number of hydrogen-bond acceptors (Lipinski definition) is 4. The number of amides is 1. The first-order chi connectivity index (χ1) is 9.65. The third kappa shape index (κ3) is 2.40. The largest absolute Gasteiger partial charge is 0.481 e. The number of hydrogen-bond donors (Lipinski definition) is 1. The molecule has 0 bridgehead atoms. The van der Waals surface area contributed by atoms with Gasteiger partial charge in [0.15, 0.2) is 4.96 Å². The predicted molar refractivity (Wildman–Crippen MR) is 73.7 cm³/mol. The van der Waals surface area contributed by atoms with Crippen LogP contribution in [-0.4, -0.2) is 44.4 Å². The number of aromatic nitrogens is 2. The Hall–Kier alpha value is -1.89. The van der Waals surface area contributed by atoms with Gasteiger partial charge in [-0.1, -0.05) is 0 Å². The van der Waals surface area contributed by atoms with E-state index < -0.39 is 5.97 Å². The zero-order valence-electron chi connectivity index (χ0n) is 10.9. The molecule has 3 rings (SSSR count). The van der Waals surface area contributed by atoms with E-state index in [1.807, 2.05) is 16.0 Å². The summed E-state index contributed by atoms with van der Waals surface area (Å²) < 4.78 is 1.92. The molecule has 3 heterocycles. The summed E-state index contributed by atoms with van der Waals surface area (Å²) in [6.07, 6.45) is 5.01. The minimum atomic E-state index is -0.755. The van der Waals surface area contributed by atoms with Gasteiger partial charge in [0, 0.05) is 36.6 Å². The number of likely N-dealkylation sites (tertiary alicyclic amines) is 1. The average molecular weight is 293 g/mol. The molecular weight excluding hydrogens is 278 g/mol. The smallest absolute Gasteiger partial charge is 0.306 e. The van der Waals surface area contributed by atoms with E-state index in [0.29, 0.717) is 32.4 Å². The third-order valence-corrected chi connectivity index (χ3v) is 4.65. The first-order valence-corrected chi connectivity index (χ1v) is 7.43. The quantitative estimate of drug-likeness (QED) is 0.924. The molecule has 2 aromatic rings. The van der Waals surface area contributed by atoms with Gasteiger partial charge >= 0.3 is 5.97 Å². The summed E-state index contributed by atoms with van der Waals surface area (Å²) in [5.74, 6) is -1.00. The lowest BCUT2D eigenvalue weighted by molar-refractivity contribution is -0.145. The number of aliphatic carboxylic acids is 1.